The molecule has 4 N–H and O–H groups in total. The highest BCUT2D eigenvalue weighted by Crippen LogP contribution is 2.06. The summed E-state index contributed by atoms with van der Waals surface area (Å²) in [7, 11) is 0. The predicted molar refractivity (Wildman–Crippen MR) is 102 cm³/mol. The normalized spacial score (nSPS) is 12.5. The summed E-state index contributed by atoms with van der Waals surface area (Å²) in [4.78, 5) is 40.4. The third kappa shape index (κ3) is 6.63. The first kappa shape index (κ1) is 21.3. The van der Waals surface area contributed by atoms with Gasteiger partial charge in [0.15, 0.2) is 0 Å². The molecule has 3 amide bonds. The Kier molecular flexibility index (Phi) is 8.37. The second kappa shape index (κ2) is 11.0. The summed E-state index contributed by atoms with van der Waals surface area (Å²) < 4.78 is 5.11. The standard InChI is InChI=1S/C18H22N4O5S/c1-2-14(21-18(25)27-9-12-6-4-3-5-7-12)16(23)20-15(17(24)22-26)8-13-10-28-11-19-13/h3-7,10-11,14-15,26H,2,8-9H2,1H3,(H,20,23)(H,21,25)(H,22,24). The van der Waals surface area contributed by atoms with Crippen LogP contribution in [0.15, 0.2) is 41.2 Å². The maximum absolute atomic E-state index is 12.5. The Morgan fingerprint density at radius 1 is 1.14 bits per heavy atom. The molecule has 0 fully saturated rings. The summed E-state index contributed by atoms with van der Waals surface area (Å²) >= 11 is 1.35. The molecule has 0 saturated carbocycles. The van der Waals surface area contributed by atoms with Crippen molar-refractivity contribution < 1.29 is 24.3 Å². The minimum absolute atomic E-state index is 0.0735. The highest BCUT2D eigenvalue weighted by molar-refractivity contribution is 7.07. The number of hydrogen-bond donors (Lipinski definition) is 4. The van der Waals surface area contributed by atoms with Crippen LogP contribution in [0.5, 0.6) is 0 Å². The van der Waals surface area contributed by atoms with Gasteiger partial charge in [-0.1, -0.05) is 37.3 Å². The van der Waals surface area contributed by atoms with Crippen LogP contribution in [0, 0.1) is 0 Å². The van der Waals surface area contributed by atoms with Crippen molar-refractivity contribution in [2.24, 2.45) is 0 Å². The molecule has 0 saturated heterocycles. The second-order valence-electron chi connectivity index (χ2n) is 5.89. The number of ether oxygens (including phenoxy) is 1. The zero-order valence-electron chi connectivity index (χ0n) is 15.3. The van der Waals surface area contributed by atoms with Crippen molar-refractivity contribution in [1.82, 2.24) is 21.1 Å². The van der Waals surface area contributed by atoms with Gasteiger partial charge in [0, 0.05) is 11.8 Å². The molecular weight excluding hydrogens is 384 g/mol. The van der Waals surface area contributed by atoms with E-state index < -0.39 is 30.0 Å². The number of amides is 3. The van der Waals surface area contributed by atoms with Gasteiger partial charge in [-0.3, -0.25) is 14.8 Å². The van der Waals surface area contributed by atoms with Crippen LogP contribution in [0.1, 0.15) is 24.6 Å². The van der Waals surface area contributed by atoms with E-state index in [2.05, 4.69) is 15.6 Å². The molecule has 0 bridgehead atoms. The maximum Gasteiger partial charge on any atom is 0.408 e. The van der Waals surface area contributed by atoms with E-state index in [1.54, 1.807) is 17.8 Å². The molecular formula is C18H22N4O5S. The smallest absolute Gasteiger partial charge is 0.408 e. The number of carbonyl (C=O) groups is 3. The minimum atomic E-state index is -1.03. The number of nitrogens with one attached hydrogen (secondary N) is 3. The predicted octanol–water partition coefficient (Wildman–Crippen LogP) is 1.38. The Morgan fingerprint density at radius 2 is 1.89 bits per heavy atom. The molecule has 1 heterocycles. The molecule has 10 heteroatoms. The van der Waals surface area contributed by atoms with Gasteiger partial charge in [-0.25, -0.2) is 15.3 Å². The van der Waals surface area contributed by atoms with Crippen molar-refractivity contribution in [2.75, 3.05) is 0 Å². The quantitative estimate of drug-likeness (QED) is 0.368. The van der Waals surface area contributed by atoms with E-state index >= 15 is 0 Å². The largest absolute Gasteiger partial charge is 0.445 e. The lowest BCUT2D eigenvalue weighted by atomic mass is 10.1. The van der Waals surface area contributed by atoms with Crippen LogP contribution in [-0.4, -0.2) is 40.2 Å². The first-order chi connectivity index (χ1) is 13.5. The van der Waals surface area contributed by atoms with Gasteiger partial charge in [0.25, 0.3) is 5.91 Å². The molecule has 150 valence electrons. The van der Waals surface area contributed by atoms with E-state index in [1.165, 1.54) is 16.8 Å². The monoisotopic (exact) mass is 406 g/mol. The van der Waals surface area contributed by atoms with E-state index in [0.717, 1.165) is 5.56 Å². The van der Waals surface area contributed by atoms with Gasteiger partial charge in [0.05, 0.1) is 11.2 Å². The number of hydrogen-bond acceptors (Lipinski definition) is 7. The van der Waals surface area contributed by atoms with Crippen LogP contribution in [0.3, 0.4) is 0 Å². The molecule has 1 aromatic heterocycles. The third-order valence-corrected chi connectivity index (χ3v) is 4.50. The van der Waals surface area contributed by atoms with E-state index in [9.17, 15) is 14.4 Å². The number of thiazole rings is 1. The molecule has 0 spiro atoms. The Bertz CT molecular complexity index is 770. The summed E-state index contributed by atoms with van der Waals surface area (Å²) in [6.45, 7) is 1.79. The zero-order chi connectivity index (χ0) is 20.4. The molecule has 9 nitrogen and oxygen atoms in total. The first-order valence-electron chi connectivity index (χ1n) is 8.62. The van der Waals surface area contributed by atoms with Gasteiger partial charge >= 0.3 is 6.09 Å². The lowest BCUT2D eigenvalue weighted by Gasteiger charge is -2.21. The fourth-order valence-corrected chi connectivity index (χ4v) is 2.94. The molecule has 0 aliphatic heterocycles. The number of carbonyl (C=O) groups excluding carboxylic acids is 3. The van der Waals surface area contributed by atoms with Gasteiger partial charge in [-0.2, -0.15) is 0 Å². The van der Waals surface area contributed by atoms with E-state index in [0.29, 0.717) is 5.69 Å². The van der Waals surface area contributed by atoms with Crippen molar-refractivity contribution >= 4 is 29.2 Å². The summed E-state index contributed by atoms with van der Waals surface area (Å²) in [6.07, 6.45) is -0.346. The van der Waals surface area contributed by atoms with Crippen molar-refractivity contribution in [3.05, 3.63) is 52.5 Å². The van der Waals surface area contributed by atoms with E-state index in [-0.39, 0.29) is 19.4 Å². The zero-order valence-corrected chi connectivity index (χ0v) is 16.1. The average Bonchev–Trinajstić information content (AvgIpc) is 3.23. The summed E-state index contributed by atoms with van der Waals surface area (Å²) in [6, 6.07) is 7.21. The number of rotatable bonds is 9. The summed E-state index contributed by atoms with van der Waals surface area (Å²) in [5.41, 5.74) is 4.55. The fraction of sp³-hybridized carbons (Fsp3) is 0.333. The minimum Gasteiger partial charge on any atom is -0.445 e. The average molecular weight is 406 g/mol. The third-order valence-electron chi connectivity index (χ3n) is 3.87. The molecule has 2 unspecified atom stereocenters. The maximum atomic E-state index is 12.5. The molecule has 0 radical (unpaired) electrons. The number of hydroxylamine groups is 1. The topological polar surface area (TPSA) is 130 Å². The lowest BCUT2D eigenvalue weighted by molar-refractivity contribution is -0.135. The Hall–Kier alpha value is -2.98. The molecule has 1 aromatic carbocycles. The number of aromatic nitrogens is 1. The number of benzene rings is 1. The molecule has 2 rings (SSSR count). The van der Waals surface area contributed by atoms with Gasteiger partial charge in [-0.15, -0.1) is 11.3 Å². The Balaban J connectivity index is 1.90. The van der Waals surface area contributed by atoms with Crippen LogP contribution in [0.4, 0.5) is 4.79 Å². The van der Waals surface area contributed by atoms with Gasteiger partial charge in [0.2, 0.25) is 5.91 Å². The molecule has 2 aromatic rings. The molecule has 28 heavy (non-hydrogen) atoms. The molecule has 0 aliphatic carbocycles. The summed E-state index contributed by atoms with van der Waals surface area (Å²) in [5.74, 6) is -1.34. The van der Waals surface area contributed by atoms with Gasteiger partial charge < -0.3 is 15.4 Å². The summed E-state index contributed by atoms with van der Waals surface area (Å²) in [5, 5.41) is 15.6. The first-order valence-corrected chi connectivity index (χ1v) is 9.56. The van der Waals surface area contributed by atoms with Gasteiger partial charge in [0.1, 0.15) is 18.7 Å². The van der Waals surface area contributed by atoms with Crippen molar-refractivity contribution in [1.29, 1.82) is 0 Å². The van der Waals surface area contributed by atoms with Gasteiger partial charge in [-0.05, 0) is 12.0 Å². The fourth-order valence-electron chi connectivity index (χ4n) is 2.37. The SMILES string of the molecule is CCC(NC(=O)OCc1ccccc1)C(=O)NC(Cc1cscn1)C(=O)NO. The van der Waals surface area contributed by atoms with E-state index in [4.69, 9.17) is 9.94 Å². The van der Waals surface area contributed by atoms with Crippen molar-refractivity contribution in [3.63, 3.8) is 0 Å². The van der Waals surface area contributed by atoms with Crippen molar-refractivity contribution in [3.8, 4) is 0 Å². The number of nitrogens with zero attached hydrogens (tertiary/aromatic N) is 1. The highest BCUT2D eigenvalue weighted by atomic mass is 32.1. The van der Waals surface area contributed by atoms with Crippen LogP contribution in [-0.2, 0) is 27.4 Å². The lowest BCUT2D eigenvalue weighted by Crippen LogP contribution is -2.54. The second-order valence-corrected chi connectivity index (χ2v) is 6.61. The Labute approximate surface area is 166 Å². The van der Waals surface area contributed by atoms with Crippen LogP contribution in [0.2, 0.25) is 0 Å². The molecule has 2 atom stereocenters. The number of alkyl carbamates (subject to hydrolysis) is 1. The van der Waals surface area contributed by atoms with Crippen LogP contribution >= 0.6 is 11.3 Å². The van der Waals surface area contributed by atoms with Crippen LogP contribution < -0.4 is 16.1 Å². The molecule has 0 aliphatic rings. The highest BCUT2D eigenvalue weighted by Gasteiger charge is 2.26. The van der Waals surface area contributed by atoms with Crippen LogP contribution in [0.25, 0.3) is 0 Å². The Morgan fingerprint density at radius 3 is 2.50 bits per heavy atom. The van der Waals surface area contributed by atoms with E-state index in [1.807, 2.05) is 30.3 Å². The van der Waals surface area contributed by atoms with Crippen molar-refractivity contribution in [2.45, 2.75) is 38.5 Å².